The van der Waals surface area contributed by atoms with Crippen molar-refractivity contribution in [3.8, 4) is 0 Å². The van der Waals surface area contributed by atoms with Crippen LogP contribution in [0, 0.1) is 5.92 Å². The summed E-state index contributed by atoms with van der Waals surface area (Å²) in [5.41, 5.74) is 0. The SMILES string of the molecule is CCOC(CN(C)CC1CCCNC1)OCC. The molecule has 4 nitrogen and oxygen atoms in total. The van der Waals surface area contributed by atoms with E-state index in [1.54, 1.807) is 0 Å². The lowest BCUT2D eigenvalue weighted by atomic mass is 9.99. The second-order valence-electron chi connectivity index (χ2n) is 4.77. The maximum absolute atomic E-state index is 5.56. The lowest BCUT2D eigenvalue weighted by Crippen LogP contribution is -2.40. The zero-order valence-corrected chi connectivity index (χ0v) is 11.6. The summed E-state index contributed by atoms with van der Waals surface area (Å²) in [5.74, 6) is 0.776. The summed E-state index contributed by atoms with van der Waals surface area (Å²) in [6.45, 7) is 9.77. The van der Waals surface area contributed by atoms with Crippen LogP contribution in [0.4, 0.5) is 0 Å². The predicted molar refractivity (Wildman–Crippen MR) is 70.1 cm³/mol. The number of nitrogens with zero attached hydrogens (tertiary/aromatic N) is 1. The maximum atomic E-state index is 5.56. The Morgan fingerprint density at radius 1 is 1.29 bits per heavy atom. The summed E-state index contributed by atoms with van der Waals surface area (Å²) in [7, 11) is 2.15. The van der Waals surface area contributed by atoms with Gasteiger partial charge in [0.1, 0.15) is 0 Å². The normalized spacial score (nSPS) is 21.4. The average molecular weight is 244 g/mol. The minimum absolute atomic E-state index is 0.0773. The number of piperidine rings is 1. The second kappa shape index (κ2) is 8.86. The molecule has 1 aliphatic rings. The molecule has 1 aliphatic heterocycles. The molecule has 1 heterocycles. The van der Waals surface area contributed by atoms with E-state index in [1.165, 1.54) is 19.4 Å². The molecule has 0 bridgehead atoms. The Kier molecular flexibility index (Phi) is 7.77. The molecule has 1 rings (SSSR count). The van der Waals surface area contributed by atoms with E-state index in [2.05, 4.69) is 17.3 Å². The van der Waals surface area contributed by atoms with E-state index < -0.39 is 0 Å². The van der Waals surface area contributed by atoms with Gasteiger partial charge in [0, 0.05) is 26.3 Å². The maximum Gasteiger partial charge on any atom is 0.170 e. The second-order valence-corrected chi connectivity index (χ2v) is 4.77. The Bertz CT molecular complexity index is 178. The molecule has 4 heteroatoms. The van der Waals surface area contributed by atoms with Gasteiger partial charge in [-0.25, -0.2) is 0 Å². The molecule has 0 aromatic carbocycles. The first-order valence-corrected chi connectivity index (χ1v) is 6.88. The molecule has 1 saturated heterocycles. The van der Waals surface area contributed by atoms with Crippen LogP contribution in [-0.2, 0) is 9.47 Å². The molecular formula is C13H28N2O2. The zero-order valence-electron chi connectivity index (χ0n) is 11.6. The fraction of sp³-hybridized carbons (Fsp3) is 1.00. The highest BCUT2D eigenvalue weighted by Gasteiger charge is 2.17. The first-order chi connectivity index (χ1) is 8.26. The van der Waals surface area contributed by atoms with Gasteiger partial charge < -0.3 is 19.7 Å². The fourth-order valence-electron chi connectivity index (χ4n) is 2.37. The number of ether oxygens (including phenoxy) is 2. The number of rotatable bonds is 8. The van der Waals surface area contributed by atoms with Crippen LogP contribution in [0.25, 0.3) is 0 Å². The van der Waals surface area contributed by atoms with E-state index in [4.69, 9.17) is 9.47 Å². The van der Waals surface area contributed by atoms with Gasteiger partial charge in [-0.2, -0.15) is 0 Å². The molecule has 1 unspecified atom stereocenters. The van der Waals surface area contributed by atoms with Crippen LogP contribution < -0.4 is 5.32 Å². The molecule has 0 aromatic rings. The van der Waals surface area contributed by atoms with E-state index in [0.29, 0.717) is 13.2 Å². The summed E-state index contributed by atoms with van der Waals surface area (Å²) in [5, 5.41) is 3.45. The van der Waals surface area contributed by atoms with Crippen molar-refractivity contribution >= 4 is 0 Å². The Labute approximate surface area is 106 Å². The van der Waals surface area contributed by atoms with E-state index in [1.807, 2.05) is 13.8 Å². The van der Waals surface area contributed by atoms with E-state index >= 15 is 0 Å². The van der Waals surface area contributed by atoms with E-state index in [9.17, 15) is 0 Å². The molecule has 0 aromatic heterocycles. The van der Waals surface area contributed by atoms with Crippen LogP contribution in [0.3, 0.4) is 0 Å². The van der Waals surface area contributed by atoms with Gasteiger partial charge in [-0.3, -0.25) is 0 Å². The third-order valence-electron chi connectivity index (χ3n) is 3.13. The zero-order chi connectivity index (χ0) is 12.5. The van der Waals surface area contributed by atoms with E-state index in [-0.39, 0.29) is 6.29 Å². The molecule has 102 valence electrons. The molecule has 0 spiro atoms. The Hall–Kier alpha value is -0.160. The Balaban J connectivity index is 2.22. The summed E-state index contributed by atoms with van der Waals surface area (Å²) in [4.78, 5) is 2.33. The van der Waals surface area contributed by atoms with E-state index in [0.717, 1.165) is 25.6 Å². The molecule has 0 amide bonds. The van der Waals surface area contributed by atoms with Crippen molar-refractivity contribution in [2.75, 3.05) is 46.4 Å². The van der Waals surface area contributed by atoms with Crippen LogP contribution in [0.5, 0.6) is 0 Å². The highest BCUT2D eigenvalue weighted by Crippen LogP contribution is 2.11. The predicted octanol–water partition coefficient (Wildman–Crippen LogP) is 1.32. The molecule has 1 fully saturated rings. The summed E-state index contributed by atoms with van der Waals surface area (Å²) >= 11 is 0. The average Bonchev–Trinajstić information content (AvgIpc) is 2.30. The Morgan fingerprint density at radius 2 is 2.00 bits per heavy atom. The molecular weight excluding hydrogens is 216 g/mol. The number of hydrogen-bond acceptors (Lipinski definition) is 4. The van der Waals surface area contributed by atoms with Crippen LogP contribution in [0.2, 0.25) is 0 Å². The largest absolute Gasteiger partial charge is 0.352 e. The smallest absolute Gasteiger partial charge is 0.170 e. The molecule has 0 aliphatic carbocycles. The van der Waals surface area contributed by atoms with Crippen molar-refractivity contribution in [2.24, 2.45) is 5.92 Å². The highest BCUT2D eigenvalue weighted by atomic mass is 16.7. The van der Waals surface area contributed by atoms with Gasteiger partial charge in [0.25, 0.3) is 0 Å². The summed E-state index contributed by atoms with van der Waals surface area (Å²) < 4.78 is 11.1. The van der Waals surface area contributed by atoms with Crippen molar-refractivity contribution in [1.82, 2.24) is 10.2 Å². The van der Waals surface area contributed by atoms with Gasteiger partial charge in [0.2, 0.25) is 0 Å². The third kappa shape index (κ3) is 6.36. The van der Waals surface area contributed by atoms with Crippen LogP contribution in [0.1, 0.15) is 26.7 Å². The lowest BCUT2D eigenvalue weighted by molar-refractivity contribution is -0.145. The minimum Gasteiger partial charge on any atom is -0.352 e. The van der Waals surface area contributed by atoms with Crippen molar-refractivity contribution < 1.29 is 9.47 Å². The van der Waals surface area contributed by atoms with Gasteiger partial charge in [-0.1, -0.05) is 0 Å². The molecule has 0 radical (unpaired) electrons. The van der Waals surface area contributed by atoms with Crippen LogP contribution >= 0.6 is 0 Å². The van der Waals surface area contributed by atoms with Gasteiger partial charge >= 0.3 is 0 Å². The van der Waals surface area contributed by atoms with Crippen LogP contribution in [-0.4, -0.2) is 57.6 Å². The number of hydrogen-bond donors (Lipinski definition) is 1. The highest BCUT2D eigenvalue weighted by molar-refractivity contribution is 4.72. The summed E-state index contributed by atoms with van der Waals surface area (Å²) in [6, 6.07) is 0. The number of likely N-dealkylation sites (N-methyl/N-ethyl adjacent to an activating group) is 1. The first kappa shape index (κ1) is 14.9. The van der Waals surface area contributed by atoms with Gasteiger partial charge in [-0.15, -0.1) is 0 Å². The lowest BCUT2D eigenvalue weighted by Gasteiger charge is -2.29. The van der Waals surface area contributed by atoms with Crippen molar-refractivity contribution in [3.63, 3.8) is 0 Å². The van der Waals surface area contributed by atoms with Crippen molar-refractivity contribution in [2.45, 2.75) is 33.0 Å². The standard InChI is InChI=1S/C13H28N2O2/c1-4-16-13(17-5-2)11-15(3)10-12-7-6-8-14-9-12/h12-14H,4-11H2,1-3H3. The molecule has 1 atom stereocenters. The Morgan fingerprint density at radius 3 is 2.53 bits per heavy atom. The van der Waals surface area contributed by atoms with Gasteiger partial charge in [0.05, 0.1) is 0 Å². The van der Waals surface area contributed by atoms with Gasteiger partial charge in [-0.05, 0) is 52.7 Å². The topological polar surface area (TPSA) is 33.7 Å². The summed E-state index contributed by atoms with van der Waals surface area (Å²) in [6.07, 6.45) is 2.57. The quantitative estimate of drug-likeness (QED) is 0.653. The minimum atomic E-state index is -0.0773. The monoisotopic (exact) mass is 244 g/mol. The molecule has 1 N–H and O–H groups in total. The third-order valence-corrected chi connectivity index (χ3v) is 3.13. The molecule has 17 heavy (non-hydrogen) atoms. The van der Waals surface area contributed by atoms with Crippen molar-refractivity contribution in [3.05, 3.63) is 0 Å². The fourth-order valence-corrected chi connectivity index (χ4v) is 2.37. The number of nitrogens with one attached hydrogen (secondary N) is 1. The molecule has 0 saturated carbocycles. The van der Waals surface area contributed by atoms with Gasteiger partial charge in [0.15, 0.2) is 6.29 Å². The van der Waals surface area contributed by atoms with Crippen LogP contribution in [0.15, 0.2) is 0 Å². The van der Waals surface area contributed by atoms with Crippen molar-refractivity contribution in [1.29, 1.82) is 0 Å². The first-order valence-electron chi connectivity index (χ1n) is 6.88.